The highest BCUT2D eigenvalue weighted by atomic mass is 15.3. The first-order valence-corrected chi connectivity index (χ1v) is 9.54. The predicted molar refractivity (Wildman–Crippen MR) is 105 cm³/mol. The summed E-state index contributed by atoms with van der Waals surface area (Å²) in [5.41, 5.74) is 2.33. The van der Waals surface area contributed by atoms with Gasteiger partial charge >= 0.3 is 0 Å². The Bertz CT molecular complexity index is 661. The van der Waals surface area contributed by atoms with Crippen LogP contribution in [0.4, 0.5) is 11.8 Å². The van der Waals surface area contributed by atoms with Crippen LogP contribution < -0.4 is 9.80 Å². The molecule has 2 heterocycles. The molecule has 0 aliphatic carbocycles. The molecule has 0 spiro atoms. The lowest BCUT2D eigenvalue weighted by atomic mass is 10.2. The fourth-order valence-corrected chi connectivity index (χ4v) is 3.39. The Morgan fingerprint density at radius 2 is 1.68 bits per heavy atom. The van der Waals surface area contributed by atoms with Crippen LogP contribution in [0.15, 0.2) is 36.4 Å². The zero-order chi connectivity index (χ0) is 17.6. The van der Waals surface area contributed by atoms with Crippen LogP contribution in [0.1, 0.15) is 50.8 Å². The second kappa shape index (κ2) is 8.32. The molecule has 1 saturated heterocycles. The fourth-order valence-electron chi connectivity index (χ4n) is 3.39. The smallest absolute Gasteiger partial charge is 0.228 e. The van der Waals surface area contributed by atoms with Gasteiger partial charge in [-0.1, -0.05) is 43.2 Å². The zero-order valence-electron chi connectivity index (χ0n) is 15.8. The average Bonchev–Trinajstić information content (AvgIpc) is 2.89. The molecule has 1 fully saturated rings. The first-order chi connectivity index (χ1) is 12.1. The van der Waals surface area contributed by atoms with Gasteiger partial charge in [-0.3, -0.25) is 0 Å². The van der Waals surface area contributed by atoms with Crippen LogP contribution in [0.5, 0.6) is 0 Å². The van der Waals surface area contributed by atoms with Crippen molar-refractivity contribution in [1.29, 1.82) is 0 Å². The highest BCUT2D eigenvalue weighted by Crippen LogP contribution is 2.23. The summed E-state index contributed by atoms with van der Waals surface area (Å²) in [6.07, 6.45) is 5.19. The molecule has 134 valence electrons. The van der Waals surface area contributed by atoms with Gasteiger partial charge in [0.2, 0.25) is 5.95 Å². The first kappa shape index (κ1) is 17.7. The summed E-state index contributed by atoms with van der Waals surface area (Å²) in [7, 11) is 0. The van der Waals surface area contributed by atoms with Crippen molar-refractivity contribution in [1.82, 2.24) is 9.97 Å². The summed E-state index contributed by atoms with van der Waals surface area (Å²) < 4.78 is 0. The normalized spacial score (nSPS) is 15.3. The van der Waals surface area contributed by atoms with E-state index in [-0.39, 0.29) is 0 Å². The van der Waals surface area contributed by atoms with E-state index >= 15 is 0 Å². The maximum atomic E-state index is 4.96. The first-order valence-electron chi connectivity index (χ1n) is 9.54. The molecule has 4 nitrogen and oxygen atoms in total. The number of aryl methyl sites for hydroxylation is 1. The van der Waals surface area contributed by atoms with E-state index in [1.165, 1.54) is 31.2 Å². The molecule has 0 atom stereocenters. The molecule has 2 aromatic rings. The highest BCUT2D eigenvalue weighted by Gasteiger charge is 2.18. The number of hydrogen-bond donors (Lipinski definition) is 0. The summed E-state index contributed by atoms with van der Waals surface area (Å²) in [4.78, 5) is 14.4. The minimum Gasteiger partial charge on any atom is -0.356 e. The Labute approximate surface area is 151 Å². The minimum absolute atomic E-state index is 0.346. The fraction of sp³-hybridized carbons (Fsp3) is 0.524. The summed E-state index contributed by atoms with van der Waals surface area (Å²) in [5.74, 6) is 1.93. The van der Waals surface area contributed by atoms with Crippen molar-refractivity contribution in [3.8, 4) is 0 Å². The Morgan fingerprint density at radius 1 is 1.00 bits per heavy atom. The Balaban J connectivity index is 1.88. The van der Waals surface area contributed by atoms with Crippen molar-refractivity contribution in [2.45, 2.75) is 59.0 Å². The van der Waals surface area contributed by atoms with Crippen LogP contribution in [-0.4, -0.2) is 29.1 Å². The van der Waals surface area contributed by atoms with E-state index in [0.717, 1.165) is 37.1 Å². The monoisotopic (exact) mass is 338 g/mol. The van der Waals surface area contributed by atoms with Crippen LogP contribution >= 0.6 is 0 Å². The molecular formula is C21H30N4. The van der Waals surface area contributed by atoms with Gasteiger partial charge in [-0.05, 0) is 39.2 Å². The number of benzene rings is 1. The second-order valence-electron chi connectivity index (χ2n) is 7.28. The molecule has 0 radical (unpaired) electrons. The lowest BCUT2D eigenvalue weighted by molar-refractivity contribution is 0.656. The minimum atomic E-state index is 0.346. The van der Waals surface area contributed by atoms with Crippen molar-refractivity contribution in [3.05, 3.63) is 47.7 Å². The standard InChI is InChI=1S/C21H30N4/c1-17(2)25(16-19-11-7-6-8-12-19)21-22-18(3)15-20(23-21)24-13-9-4-5-10-14-24/h6-8,11-12,15,17H,4-5,9-10,13-14,16H2,1-3H3. The lowest BCUT2D eigenvalue weighted by Crippen LogP contribution is -2.33. The van der Waals surface area contributed by atoms with Crippen LogP contribution in [0.25, 0.3) is 0 Å². The quantitative estimate of drug-likeness (QED) is 0.799. The van der Waals surface area contributed by atoms with Crippen LogP contribution in [0.3, 0.4) is 0 Å². The summed E-state index contributed by atoms with van der Waals surface area (Å²) in [5, 5.41) is 0. The molecule has 0 unspecified atom stereocenters. The Morgan fingerprint density at radius 3 is 2.32 bits per heavy atom. The van der Waals surface area contributed by atoms with Gasteiger partial charge in [-0.15, -0.1) is 0 Å². The van der Waals surface area contributed by atoms with Gasteiger partial charge in [-0.2, -0.15) is 4.98 Å². The topological polar surface area (TPSA) is 32.3 Å². The number of nitrogens with zero attached hydrogens (tertiary/aromatic N) is 4. The molecule has 0 saturated carbocycles. The largest absolute Gasteiger partial charge is 0.356 e. The zero-order valence-corrected chi connectivity index (χ0v) is 15.8. The molecule has 1 aromatic heterocycles. The average molecular weight is 338 g/mol. The van der Waals surface area contributed by atoms with Gasteiger partial charge in [0, 0.05) is 37.4 Å². The SMILES string of the molecule is Cc1cc(N2CCCCCC2)nc(N(Cc2ccccc2)C(C)C)n1. The third-order valence-electron chi connectivity index (χ3n) is 4.83. The van der Waals surface area contributed by atoms with Gasteiger partial charge in [0.25, 0.3) is 0 Å². The Hall–Kier alpha value is -2.10. The van der Waals surface area contributed by atoms with Crippen LogP contribution in [0, 0.1) is 6.92 Å². The van der Waals surface area contributed by atoms with Crippen molar-refractivity contribution in [3.63, 3.8) is 0 Å². The van der Waals surface area contributed by atoms with E-state index in [2.05, 4.69) is 67.0 Å². The third-order valence-corrected chi connectivity index (χ3v) is 4.83. The van der Waals surface area contributed by atoms with Gasteiger partial charge in [0.15, 0.2) is 0 Å². The maximum Gasteiger partial charge on any atom is 0.228 e. The highest BCUT2D eigenvalue weighted by molar-refractivity contribution is 5.46. The van der Waals surface area contributed by atoms with Crippen molar-refractivity contribution >= 4 is 11.8 Å². The van der Waals surface area contributed by atoms with Crippen molar-refractivity contribution < 1.29 is 0 Å². The Kier molecular flexibility index (Phi) is 5.90. The molecule has 4 heteroatoms. The van der Waals surface area contributed by atoms with Crippen LogP contribution in [0.2, 0.25) is 0 Å². The van der Waals surface area contributed by atoms with Crippen molar-refractivity contribution in [2.24, 2.45) is 0 Å². The maximum absolute atomic E-state index is 4.96. The molecule has 1 aliphatic rings. The van der Waals surface area contributed by atoms with Gasteiger partial charge in [0.05, 0.1) is 0 Å². The van der Waals surface area contributed by atoms with E-state index in [0.29, 0.717) is 6.04 Å². The number of aromatic nitrogens is 2. The van der Waals surface area contributed by atoms with E-state index in [4.69, 9.17) is 9.97 Å². The summed E-state index contributed by atoms with van der Waals surface area (Å²) in [6.45, 7) is 9.54. The molecule has 1 aliphatic heterocycles. The summed E-state index contributed by atoms with van der Waals surface area (Å²) >= 11 is 0. The number of hydrogen-bond acceptors (Lipinski definition) is 4. The second-order valence-corrected chi connectivity index (χ2v) is 7.28. The summed E-state index contributed by atoms with van der Waals surface area (Å²) in [6, 6.07) is 13.1. The molecule has 0 N–H and O–H groups in total. The van der Waals surface area contributed by atoms with E-state index in [1.54, 1.807) is 0 Å². The van der Waals surface area contributed by atoms with Gasteiger partial charge in [-0.25, -0.2) is 4.98 Å². The van der Waals surface area contributed by atoms with Crippen LogP contribution in [-0.2, 0) is 6.54 Å². The number of rotatable bonds is 5. The predicted octanol–water partition coefficient (Wildman–Crippen LogP) is 4.58. The molecular weight excluding hydrogens is 308 g/mol. The molecule has 0 bridgehead atoms. The van der Waals surface area contributed by atoms with E-state index < -0.39 is 0 Å². The molecule has 0 amide bonds. The van der Waals surface area contributed by atoms with Crippen molar-refractivity contribution in [2.75, 3.05) is 22.9 Å². The number of anilines is 2. The molecule has 25 heavy (non-hydrogen) atoms. The van der Waals surface area contributed by atoms with E-state index in [1.807, 2.05) is 0 Å². The molecule has 3 rings (SSSR count). The van der Waals surface area contributed by atoms with Gasteiger partial charge < -0.3 is 9.80 Å². The lowest BCUT2D eigenvalue weighted by Gasteiger charge is -2.29. The third kappa shape index (κ3) is 4.71. The molecule has 1 aromatic carbocycles. The van der Waals surface area contributed by atoms with E-state index in [9.17, 15) is 0 Å². The van der Waals surface area contributed by atoms with Gasteiger partial charge in [0.1, 0.15) is 5.82 Å².